The quantitative estimate of drug-likeness (QED) is 0.432. The average Bonchev–Trinajstić information content (AvgIpc) is 3.29. The number of ether oxygens (including phenoxy) is 1. The predicted molar refractivity (Wildman–Crippen MR) is 129 cm³/mol. The number of aliphatic hydroxyl groups is 1. The lowest BCUT2D eigenvalue weighted by atomic mass is 9.80. The largest absolute Gasteiger partial charge is 0.497 e. The van der Waals surface area contributed by atoms with E-state index in [1.807, 2.05) is 4.90 Å². The number of carboxylic acid groups (broad SMARTS) is 1. The number of methoxy groups -OCH3 is 1. The molecule has 2 aromatic carbocycles. The molecule has 1 fully saturated rings. The molecular formula is C27H27F3N2O4. The zero-order valence-electron chi connectivity index (χ0n) is 19.8. The van der Waals surface area contributed by atoms with Crippen molar-refractivity contribution in [1.29, 1.82) is 0 Å². The summed E-state index contributed by atoms with van der Waals surface area (Å²) in [4.78, 5) is 18.2. The van der Waals surface area contributed by atoms with E-state index in [0.717, 1.165) is 24.4 Å². The SMILES string of the molecule is COc1ccc2ncc(F)c(C(O)CCC3(C(=O)O)CCN(CC=Cc4cc(F)ccc4F)C3)c2c1. The fourth-order valence-corrected chi connectivity index (χ4v) is 4.76. The molecule has 190 valence electrons. The van der Waals surface area contributed by atoms with Crippen molar-refractivity contribution >= 4 is 22.9 Å². The topological polar surface area (TPSA) is 82.9 Å². The van der Waals surface area contributed by atoms with Gasteiger partial charge < -0.3 is 14.9 Å². The summed E-state index contributed by atoms with van der Waals surface area (Å²) in [5, 5.41) is 21.3. The summed E-state index contributed by atoms with van der Waals surface area (Å²) in [6.45, 7) is 1.07. The van der Waals surface area contributed by atoms with E-state index in [-0.39, 0.29) is 30.5 Å². The summed E-state index contributed by atoms with van der Waals surface area (Å²) in [7, 11) is 1.48. The van der Waals surface area contributed by atoms with Crippen LogP contribution in [-0.4, -0.2) is 52.8 Å². The number of rotatable bonds is 9. The smallest absolute Gasteiger partial charge is 0.310 e. The number of fused-ring (bicyclic) bond motifs is 1. The molecule has 2 atom stereocenters. The second-order valence-corrected chi connectivity index (χ2v) is 9.10. The number of carboxylic acids is 1. The molecular weight excluding hydrogens is 473 g/mol. The summed E-state index contributed by atoms with van der Waals surface area (Å²) < 4.78 is 47.1. The van der Waals surface area contributed by atoms with E-state index in [1.54, 1.807) is 24.3 Å². The van der Waals surface area contributed by atoms with Crippen LogP contribution in [0.5, 0.6) is 5.75 Å². The second kappa shape index (κ2) is 10.7. The molecule has 2 unspecified atom stereocenters. The molecule has 2 N–H and O–H groups in total. The van der Waals surface area contributed by atoms with Crippen LogP contribution < -0.4 is 4.74 Å². The van der Waals surface area contributed by atoms with Crippen molar-refractivity contribution in [2.75, 3.05) is 26.7 Å². The maximum atomic E-state index is 14.7. The molecule has 9 heteroatoms. The molecule has 0 aliphatic carbocycles. The molecule has 1 aliphatic rings. The van der Waals surface area contributed by atoms with Crippen LogP contribution in [0.25, 0.3) is 17.0 Å². The molecule has 0 spiro atoms. The van der Waals surface area contributed by atoms with Gasteiger partial charge in [-0.3, -0.25) is 14.7 Å². The summed E-state index contributed by atoms with van der Waals surface area (Å²) >= 11 is 0. The number of aliphatic hydroxyl groups excluding tert-OH is 1. The number of nitrogens with zero attached hydrogens (tertiary/aromatic N) is 2. The first kappa shape index (κ1) is 25.7. The minimum absolute atomic E-state index is 0.0394. The van der Waals surface area contributed by atoms with Gasteiger partial charge in [-0.15, -0.1) is 0 Å². The van der Waals surface area contributed by atoms with Crippen LogP contribution >= 0.6 is 0 Å². The van der Waals surface area contributed by atoms with Crippen LogP contribution in [0.15, 0.2) is 48.7 Å². The van der Waals surface area contributed by atoms with E-state index in [2.05, 4.69) is 4.98 Å². The van der Waals surface area contributed by atoms with Crippen molar-refractivity contribution in [2.24, 2.45) is 5.41 Å². The third kappa shape index (κ3) is 5.37. The van der Waals surface area contributed by atoms with Gasteiger partial charge in [0.25, 0.3) is 0 Å². The van der Waals surface area contributed by atoms with Crippen LogP contribution in [0.2, 0.25) is 0 Å². The third-order valence-electron chi connectivity index (χ3n) is 6.80. The number of aromatic nitrogens is 1. The Morgan fingerprint density at radius 3 is 2.78 bits per heavy atom. The van der Waals surface area contributed by atoms with E-state index in [1.165, 1.54) is 13.2 Å². The minimum Gasteiger partial charge on any atom is -0.497 e. The number of aliphatic carboxylic acids is 1. The Morgan fingerprint density at radius 1 is 1.22 bits per heavy atom. The summed E-state index contributed by atoms with van der Waals surface area (Å²) in [5.41, 5.74) is -0.442. The number of benzene rings is 2. The zero-order chi connectivity index (χ0) is 25.9. The molecule has 0 saturated carbocycles. The monoisotopic (exact) mass is 500 g/mol. The van der Waals surface area contributed by atoms with Crippen LogP contribution in [0.3, 0.4) is 0 Å². The van der Waals surface area contributed by atoms with Crippen molar-refractivity contribution < 1.29 is 32.9 Å². The summed E-state index contributed by atoms with van der Waals surface area (Å²) in [6.07, 6.45) is 3.47. The molecule has 36 heavy (non-hydrogen) atoms. The molecule has 0 radical (unpaired) electrons. The standard InChI is InChI=1S/C27H27F3N2O4/c1-36-19-5-7-23-20(14-19)25(22(30)15-31-23)24(33)8-9-27(26(34)35)10-12-32(16-27)11-2-3-17-13-18(28)4-6-21(17)29/h2-7,13-15,24,33H,8-12,16H2,1H3,(H,34,35). The van der Waals surface area contributed by atoms with Crippen molar-refractivity contribution in [2.45, 2.75) is 25.4 Å². The van der Waals surface area contributed by atoms with Gasteiger partial charge in [0, 0.05) is 29.6 Å². The van der Waals surface area contributed by atoms with Crippen molar-refractivity contribution in [3.63, 3.8) is 0 Å². The first-order valence-electron chi connectivity index (χ1n) is 11.6. The van der Waals surface area contributed by atoms with Gasteiger partial charge in [-0.25, -0.2) is 13.2 Å². The Balaban J connectivity index is 1.45. The summed E-state index contributed by atoms with van der Waals surface area (Å²) in [6, 6.07) is 8.14. The van der Waals surface area contributed by atoms with Gasteiger partial charge in [0.05, 0.1) is 30.3 Å². The fraction of sp³-hybridized carbons (Fsp3) is 0.333. The molecule has 1 aliphatic heterocycles. The highest BCUT2D eigenvalue weighted by molar-refractivity contribution is 5.84. The first-order chi connectivity index (χ1) is 17.2. The molecule has 0 bridgehead atoms. The normalized spacial score (nSPS) is 19.2. The number of pyridine rings is 1. The molecule has 1 saturated heterocycles. The van der Waals surface area contributed by atoms with Crippen LogP contribution in [0, 0.1) is 22.9 Å². The van der Waals surface area contributed by atoms with Crippen molar-refractivity contribution in [1.82, 2.24) is 9.88 Å². The van der Waals surface area contributed by atoms with Crippen LogP contribution in [-0.2, 0) is 4.79 Å². The van der Waals surface area contributed by atoms with E-state index in [0.29, 0.717) is 36.2 Å². The Bertz CT molecular complexity index is 1300. The molecule has 1 aromatic heterocycles. The van der Waals surface area contributed by atoms with Crippen molar-refractivity contribution in [3.8, 4) is 5.75 Å². The van der Waals surface area contributed by atoms with Crippen LogP contribution in [0.4, 0.5) is 13.2 Å². The number of likely N-dealkylation sites (tertiary alicyclic amines) is 1. The Labute approximate surface area is 206 Å². The Morgan fingerprint density at radius 2 is 2.03 bits per heavy atom. The third-order valence-corrected chi connectivity index (χ3v) is 6.80. The minimum atomic E-state index is -1.23. The fourth-order valence-electron chi connectivity index (χ4n) is 4.76. The lowest BCUT2D eigenvalue weighted by Crippen LogP contribution is -2.35. The lowest BCUT2D eigenvalue weighted by molar-refractivity contribution is -0.149. The maximum Gasteiger partial charge on any atom is 0.310 e. The number of carbonyl (C=O) groups is 1. The molecule has 3 aromatic rings. The van der Waals surface area contributed by atoms with E-state index >= 15 is 0 Å². The second-order valence-electron chi connectivity index (χ2n) is 9.10. The van der Waals surface area contributed by atoms with Gasteiger partial charge in [-0.05, 0) is 62.2 Å². The van der Waals surface area contributed by atoms with Crippen molar-refractivity contribution in [3.05, 3.63) is 77.2 Å². The van der Waals surface area contributed by atoms with E-state index in [4.69, 9.17) is 4.74 Å². The van der Waals surface area contributed by atoms with Gasteiger partial charge in [-0.2, -0.15) is 0 Å². The molecule has 2 heterocycles. The molecule has 0 amide bonds. The van der Waals surface area contributed by atoms with Gasteiger partial charge in [0.15, 0.2) is 0 Å². The number of halogens is 3. The predicted octanol–water partition coefficient (Wildman–Crippen LogP) is 4.96. The van der Waals surface area contributed by atoms with E-state index < -0.39 is 34.9 Å². The van der Waals surface area contributed by atoms with Gasteiger partial charge in [0.1, 0.15) is 23.2 Å². The Hall–Kier alpha value is -3.43. The van der Waals surface area contributed by atoms with Crippen LogP contribution in [0.1, 0.15) is 36.5 Å². The van der Waals surface area contributed by atoms with Gasteiger partial charge in [-0.1, -0.05) is 12.2 Å². The molecule has 6 nitrogen and oxygen atoms in total. The zero-order valence-corrected chi connectivity index (χ0v) is 19.8. The first-order valence-corrected chi connectivity index (χ1v) is 11.6. The van der Waals surface area contributed by atoms with Gasteiger partial charge >= 0.3 is 5.97 Å². The maximum absolute atomic E-state index is 14.7. The average molecular weight is 501 g/mol. The summed E-state index contributed by atoms with van der Waals surface area (Å²) in [5.74, 6) is -2.26. The van der Waals surface area contributed by atoms with Gasteiger partial charge in [0.2, 0.25) is 0 Å². The lowest BCUT2D eigenvalue weighted by Gasteiger charge is -2.26. The highest BCUT2D eigenvalue weighted by atomic mass is 19.1. The number of hydrogen-bond acceptors (Lipinski definition) is 5. The highest BCUT2D eigenvalue weighted by Crippen LogP contribution is 2.39. The van der Waals surface area contributed by atoms with E-state index in [9.17, 15) is 28.2 Å². The Kier molecular flexibility index (Phi) is 7.61. The highest BCUT2D eigenvalue weighted by Gasteiger charge is 2.44. The molecule has 4 rings (SSSR count). The number of hydrogen-bond donors (Lipinski definition) is 2.